The molecule has 2 heterocycles. The summed E-state index contributed by atoms with van der Waals surface area (Å²) < 4.78 is 0. The van der Waals surface area contributed by atoms with Crippen LogP contribution in [0.25, 0.3) is 0 Å². The molecule has 2 rings (SSSR count). The lowest BCUT2D eigenvalue weighted by atomic mass is 9.98. The first kappa shape index (κ1) is 12.7. The molecule has 17 heavy (non-hydrogen) atoms. The van der Waals surface area contributed by atoms with Crippen LogP contribution in [0.15, 0.2) is 18.3 Å². The molecule has 1 unspecified atom stereocenters. The number of hydrogen-bond acceptors (Lipinski definition) is 2. The molecule has 1 aromatic heterocycles. The van der Waals surface area contributed by atoms with E-state index in [1.165, 1.54) is 25.7 Å². The summed E-state index contributed by atoms with van der Waals surface area (Å²) in [5.41, 5.74) is 1.09. The topological polar surface area (TPSA) is 16.1 Å². The van der Waals surface area contributed by atoms with Crippen LogP contribution in [0.4, 0.5) is 5.82 Å². The van der Waals surface area contributed by atoms with Gasteiger partial charge in [-0.3, -0.25) is 0 Å². The van der Waals surface area contributed by atoms with E-state index in [2.05, 4.69) is 28.9 Å². The minimum Gasteiger partial charge on any atom is -0.357 e. The Kier molecular flexibility index (Phi) is 4.66. The van der Waals surface area contributed by atoms with Crippen molar-refractivity contribution in [2.45, 2.75) is 38.5 Å². The number of halogens is 1. The van der Waals surface area contributed by atoms with Crippen molar-refractivity contribution < 1.29 is 0 Å². The van der Waals surface area contributed by atoms with E-state index in [4.69, 9.17) is 11.6 Å². The van der Waals surface area contributed by atoms with Gasteiger partial charge in [0.2, 0.25) is 0 Å². The van der Waals surface area contributed by atoms with Crippen molar-refractivity contribution in [3.05, 3.63) is 23.9 Å². The van der Waals surface area contributed by atoms with Gasteiger partial charge in [-0.15, -0.1) is 11.6 Å². The second-order valence-corrected chi connectivity index (χ2v) is 5.12. The van der Waals surface area contributed by atoms with E-state index < -0.39 is 0 Å². The van der Waals surface area contributed by atoms with Gasteiger partial charge in [0.25, 0.3) is 0 Å². The van der Waals surface area contributed by atoms with Gasteiger partial charge < -0.3 is 4.90 Å². The number of nitrogens with zero attached hydrogens (tertiary/aromatic N) is 2. The van der Waals surface area contributed by atoms with Crippen LogP contribution in [0.2, 0.25) is 0 Å². The number of rotatable bonds is 3. The van der Waals surface area contributed by atoms with Crippen molar-refractivity contribution in [2.24, 2.45) is 5.92 Å². The molecule has 3 heteroatoms. The Morgan fingerprint density at radius 1 is 1.35 bits per heavy atom. The third-order valence-electron chi connectivity index (χ3n) is 3.71. The summed E-state index contributed by atoms with van der Waals surface area (Å²) in [5.74, 6) is 2.56. The molecule has 0 amide bonds. The second kappa shape index (κ2) is 6.25. The summed E-state index contributed by atoms with van der Waals surface area (Å²) >= 11 is 5.78. The Hall–Kier alpha value is -0.760. The highest BCUT2D eigenvalue weighted by Gasteiger charge is 2.16. The Bertz CT molecular complexity index is 337. The molecule has 1 aromatic rings. The zero-order valence-corrected chi connectivity index (χ0v) is 11.3. The van der Waals surface area contributed by atoms with Crippen LogP contribution in [0.3, 0.4) is 0 Å². The minimum atomic E-state index is 0.547. The van der Waals surface area contributed by atoms with Crippen LogP contribution in [0.1, 0.15) is 38.2 Å². The van der Waals surface area contributed by atoms with E-state index >= 15 is 0 Å². The molecule has 0 N–H and O–H groups in total. The van der Waals surface area contributed by atoms with Crippen LogP contribution in [-0.2, 0) is 5.88 Å². The fourth-order valence-electron chi connectivity index (χ4n) is 2.49. The highest BCUT2D eigenvalue weighted by atomic mass is 35.5. The zero-order chi connectivity index (χ0) is 12.1. The van der Waals surface area contributed by atoms with Crippen LogP contribution in [0.5, 0.6) is 0 Å². The summed E-state index contributed by atoms with van der Waals surface area (Å²) in [4.78, 5) is 6.92. The van der Waals surface area contributed by atoms with Crippen molar-refractivity contribution in [1.29, 1.82) is 0 Å². The van der Waals surface area contributed by atoms with Gasteiger partial charge in [-0.25, -0.2) is 4.98 Å². The summed E-state index contributed by atoms with van der Waals surface area (Å²) in [6, 6.07) is 4.18. The van der Waals surface area contributed by atoms with Crippen molar-refractivity contribution in [1.82, 2.24) is 4.98 Å². The van der Waals surface area contributed by atoms with E-state index in [1.807, 2.05) is 6.20 Å². The predicted octanol–water partition coefficient (Wildman–Crippen LogP) is 3.84. The van der Waals surface area contributed by atoms with Crippen molar-refractivity contribution >= 4 is 17.4 Å². The maximum absolute atomic E-state index is 5.78. The first-order chi connectivity index (χ1) is 8.33. The lowest BCUT2D eigenvalue weighted by molar-refractivity contribution is 0.459. The number of pyridine rings is 1. The van der Waals surface area contributed by atoms with Gasteiger partial charge in [0.05, 0.1) is 0 Å². The average Bonchev–Trinajstić information content (AvgIpc) is 2.64. The van der Waals surface area contributed by atoms with E-state index in [0.29, 0.717) is 5.88 Å². The molecule has 1 atom stereocenters. The van der Waals surface area contributed by atoms with Crippen molar-refractivity contribution in [3.8, 4) is 0 Å². The smallest absolute Gasteiger partial charge is 0.128 e. The molecule has 0 spiro atoms. The van der Waals surface area contributed by atoms with Crippen molar-refractivity contribution in [3.63, 3.8) is 0 Å². The lowest BCUT2D eigenvalue weighted by Crippen LogP contribution is -2.25. The Morgan fingerprint density at radius 2 is 2.24 bits per heavy atom. The summed E-state index contributed by atoms with van der Waals surface area (Å²) in [5, 5.41) is 0. The molecule has 0 aromatic carbocycles. The normalized spacial score (nSPS) is 21.3. The Labute approximate surface area is 109 Å². The molecule has 0 aliphatic carbocycles. The maximum atomic E-state index is 5.78. The Morgan fingerprint density at radius 3 is 2.88 bits per heavy atom. The van der Waals surface area contributed by atoms with E-state index in [-0.39, 0.29) is 0 Å². The lowest BCUT2D eigenvalue weighted by Gasteiger charge is -2.21. The fraction of sp³-hybridized carbons (Fsp3) is 0.643. The minimum absolute atomic E-state index is 0.547. The zero-order valence-electron chi connectivity index (χ0n) is 10.5. The number of aromatic nitrogens is 1. The molecule has 1 aliphatic heterocycles. The number of hydrogen-bond donors (Lipinski definition) is 0. The molecule has 1 fully saturated rings. The second-order valence-electron chi connectivity index (χ2n) is 4.85. The van der Waals surface area contributed by atoms with E-state index in [9.17, 15) is 0 Å². The molecular formula is C14H21ClN2. The molecule has 0 saturated carbocycles. The van der Waals surface area contributed by atoms with Crippen molar-refractivity contribution in [2.75, 3.05) is 18.0 Å². The van der Waals surface area contributed by atoms with Gasteiger partial charge >= 0.3 is 0 Å². The molecule has 94 valence electrons. The van der Waals surface area contributed by atoms with Gasteiger partial charge in [-0.1, -0.05) is 19.4 Å². The largest absolute Gasteiger partial charge is 0.357 e. The summed E-state index contributed by atoms with van der Waals surface area (Å²) in [7, 11) is 0. The third-order valence-corrected chi connectivity index (χ3v) is 4.02. The average molecular weight is 253 g/mol. The van der Waals surface area contributed by atoms with E-state index in [1.54, 1.807) is 0 Å². The maximum Gasteiger partial charge on any atom is 0.128 e. The van der Waals surface area contributed by atoms with Gasteiger partial charge in [0, 0.05) is 25.2 Å². The summed E-state index contributed by atoms with van der Waals surface area (Å²) in [6.45, 7) is 4.59. The number of anilines is 1. The molecule has 0 bridgehead atoms. The van der Waals surface area contributed by atoms with E-state index in [0.717, 1.165) is 30.4 Å². The predicted molar refractivity (Wildman–Crippen MR) is 73.6 cm³/mol. The molecule has 1 saturated heterocycles. The van der Waals surface area contributed by atoms with Gasteiger partial charge in [-0.05, 0) is 36.8 Å². The van der Waals surface area contributed by atoms with Crippen LogP contribution >= 0.6 is 11.6 Å². The third kappa shape index (κ3) is 3.35. The van der Waals surface area contributed by atoms with Crippen LogP contribution < -0.4 is 4.90 Å². The SMILES string of the molecule is CCC1CCCN(c2ccc(CCl)cn2)CC1. The quantitative estimate of drug-likeness (QED) is 0.760. The van der Waals surface area contributed by atoms with Gasteiger partial charge in [0.15, 0.2) is 0 Å². The molecule has 0 radical (unpaired) electrons. The van der Waals surface area contributed by atoms with Crippen LogP contribution in [-0.4, -0.2) is 18.1 Å². The van der Waals surface area contributed by atoms with Crippen LogP contribution in [0, 0.1) is 5.92 Å². The highest BCUT2D eigenvalue weighted by molar-refractivity contribution is 6.17. The summed E-state index contributed by atoms with van der Waals surface area (Å²) in [6.07, 6.45) is 7.16. The fourth-order valence-corrected chi connectivity index (χ4v) is 2.64. The van der Waals surface area contributed by atoms with Gasteiger partial charge in [0.1, 0.15) is 5.82 Å². The molecule has 2 nitrogen and oxygen atoms in total. The Balaban J connectivity index is 2.01. The molecular weight excluding hydrogens is 232 g/mol. The molecule has 1 aliphatic rings. The first-order valence-corrected chi connectivity index (χ1v) is 7.12. The van der Waals surface area contributed by atoms with Gasteiger partial charge in [-0.2, -0.15) is 0 Å². The number of alkyl halides is 1. The highest BCUT2D eigenvalue weighted by Crippen LogP contribution is 2.23. The standard InChI is InChI=1S/C14H21ClN2/c1-2-12-4-3-8-17(9-7-12)14-6-5-13(10-15)11-16-14/h5-6,11-12H,2-4,7-10H2,1H3. The monoisotopic (exact) mass is 252 g/mol. The first-order valence-electron chi connectivity index (χ1n) is 6.59.